The summed E-state index contributed by atoms with van der Waals surface area (Å²) in [5.41, 5.74) is 5.79. The van der Waals surface area contributed by atoms with Crippen LogP contribution in [0.15, 0.2) is 90.3 Å². The predicted molar refractivity (Wildman–Crippen MR) is 168 cm³/mol. The van der Waals surface area contributed by atoms with E-state index in [0.29, 0.717) is 5.57 Å². The lowest BCUT2D eigenvalue weighted by Gasteiger charge is -2.41. The normalized spacial score (nSPS) is 16.1. The van der Waals surface area contributed by atoms with Crippen molar-refractivity contribution < 1.29 is 39.2 Å². The molecule has 3 aromatic rings. The average Bonchev–Trinajstić information content (AvgIpc) is 3.37. The number of alkyl carbamates (subject to hydrolysis) is 1. The maximum Gasteiger partial charge on any atom is 0.407 e. The van der Waals surface area contributed by atoms with Gasteiger partial charge in [-0.25, -0.2) is 9.69 Å². The van der Waals surface area contributed by atoms with Crippen molar-refractivity contribution in [3.05, 3.63) is 107 Å². The molecule has 0 spiro atoms. The zero-order chi connectivity index (χ0) is 32.6. The number of carboxylic acids is 1. The molecule has 1 atom stereocenters. The number of nitrogens with one attached hydrogen (secondary N) is 1. The van der Waals surface area contributed by atoms with Gasteiger partial charge >= 0.3 is 12.1 Å². The van der Waals surface area contributed by atoms with Gasteiger partial charge in [0.25, 0.3) is 0 Å². The summed E-state index contributed by atoms with van der Waals surface area (Å²) in [6.45, 7) is 0.892. The number of fused-ring (bicyclic) bond motifs is 3. The maximum atomic E-state index is 13.2. The number of ether oxygens (including phenoxy) is 2. The summed E-state index contributed by atoms with van der Waals surface area (Å²) in [4.78, 5) is 41.1. The van der Waals surface area contributed by atoms with Crippen molar-refractivity contribution in [2.75, 3.05) is 46.1 Å². The van der Waals surface area contributed by atoms with Crippen LogP contribution in [0.1, 0.15) is 29.5 Å². The number of aliphatic hydroxyl groups excluding tert-OH is 2. The van der Waals surface area contributed by atoms with Gasteiger partial charge in [-0.15, -0.1) is 0 Å². The van der Waals surface area contributed by atoms with E-state index in [9.17, 15) is 29.7 Å². The molecule has 2 amide bonds. The molecule has 242 valence electrons. The number of hydrogen-bond donors (Lipinski definition) is 4. The van der Waals surface area contributed by atoms with Gasteiger partial charge in [0.05, 0.1) is 13.2 Å². The van der Waals surface area contributed by atoms with E-state index in [1.807, 2.05) is 78.9 Å². The first-order valence-electron chi connectivity index (χ1n) is 15.0. The highest BCUT2D eigenvalue weighted by atomic mass is 16.5. The van der Waals surface area contributed by atoms with Gasteiger partial charge in [0.15, 0.2) is 12.2 Å². The van der Waals surface area contributed by atoms with Crippen molar-refractivity contribution in [2.45, 2.75) is 25.8 Å². The highest BCUT2D eigenvalue weighted by Gasteiger charge is 2.34. The molecule has 1 aliphatic heterocycles. The van der Waals surface area contributed by atoms with E-state index in [4.69, 9.17) is 9.47 Å². The van der Waals surface area contributed by atoms with E-state index < -0.39 is 30.9 Å². The molecule has 4 N–H and O–H groups in total. The molecule has 46 heavy (non-hydrogen) atoms. The molecular formula is C34H38N4O8. The van der Waals surface area contributed by atoms with E-state index in [1.165, 1.54) is 9.80 Å². The van der Waals surface area contributed by atoms with Crippen LogP contribution in [0, 0.1) is 0 Å². The Labute approximate surface area is 267 Å². The summed E-state index contributed by atoms with van der Waals surface area (Å²) >= 11 is 0. The topological polar surface area (TPSA) is 152 Å². The minimum absolute atomic E-state index is 0.0442. The molecule has 5 rings (SSSR count). The van der Waals surface area contributed by atoms with Crippen molar-refractivity contribution in [3.63, 3.8) is 0 Å². The Morgan fingerprint density at radius 2 is 1.59 bits per heavy atom. The fourth-order valence-electron chi connectivity index (χ4n) is 5.78. The molecule has 3 aromatic carbocycles. The number of hydrogen-bond acceptors (Lipinski definition) is 9. The van der Waals surface area contributed by atoms with Crippen molar-refractivity contribution in [1.82, 2.24) is 20.0 Å². The number of nitrogens with zero attached hydrogens (tertiary/aromatic N) is 3. The van der Waals surface area contributed by atoms with Crippen LogP contribution < -0.4 is 5.32 Å². The maximum absolute atomic E-state index is 13.2. The second-order valence-corrected chi connectivity index (χ2v) is 11.2. The molecule has 1 aliphatic carbocycles. The standard InChI is InChI=1S/C34H38N4O8/c1-23-17-37(34(44)38(32(23)42)22-45-20-24-9-3-2-4-10-24)18-30(39)36(19-31(40)41)16-15-35-33(43)46-21-29-27-13-7-5-11-25(27)26-12-6-8-14-28(26)29/h2-14,29,34,42,44H,15-22H2,1H3,(H,35,43)(H,40,41). The number of rotatable bonds is 13. The molecule has 0 saturated carbocycles. The number of carbonyl (C=O) groups excluding carboxylic acids is 2. The highest BCUT2D eigenvalue weighted by molar-refractivity contribution is 5.83. The number of carbonyl (C=O) groups is 3. The van der Waals surface area contributed by atoms with Crippen LogP contribution in [0.5, 0.6) is 0 Å². The molecule has 0 bridgehead atoms. The fourth-order valence-corrected chi connectivity index (χ4v) is 5.78. The number of aliphatic hydroxyl groups is 2. The van der Waals surface area contributed by atoms with Gasteiger partial charge in [-0.3, -0.25) is 14.5 Å². The Morgan fingerprint density at radius 1 is 0.957 bits per heavy atom. The van der Waals surface area contributed by atoms with Crippen LogP contribution in [0.3, 0.4) is 0 Å². The first kappa shape index (κ1) is 32.5. The predicted octanol–water partition coefficient (Wildman–Crippen LogP) is 3.30. The molecule has 12 heteroatoms. The van der Waals surface area contributed by atoms with Gasteiger partial charge in [-0.05, 0) is 34.7 Å². The smallest absolute Gasteiger partial charge is 0.407 e. The largest absolute Gasteiger partial charge is 0.495 e. The van der Waals surface area contributed by atoms with Gasteiger partial charge in [-0.2, -0.15) is 0 Å². The van der Waals surface area contributed by atoms with Crippen molar-refractivity contribution in [1.29, 1.82) is 0 Å². The molecular weight excluding hydrogens is 592 g/mol. The molecule has 2 aliphatic rings. The second-order valence-electron chi connectivity index (χ2n) is 11.2. The number of amides is 2. The average molecular weight is 631 g/mol. The van der Waals surface area contributed by atoms with Crippen LogP contribution in [-0.2, 0) is 25.7 Å². The molecule has 0 saturated heterocycles. The van der Waals surface area contributed by atoms with Gasteiger partial charge in [0.2, 0.25) is 5.91 Å². The van der Waals surface area contributed by atoms with Crippen molar-refractivity contribution in [2.24, 2.45) is 0 Å². The SMILES string of the molecule is CC1=C(O)N(COCc2ccccc2)C(O)N(CC(=O)N(CCNC(=O)OCC2c3ccccc3-c3ccccc32)CC(=O)O)C1. The zero-order valence-corrected chi connectivity index (χ0v) is 25.5. The summed E-state index contributed by atoms with van der Waals surface area (Å²) in [6, 6.07) is 25.4. The van der Waals surface area contributed by atoms with E-state index >= 15 is 0 Å². The quantitative estimate of drug-likeness (QED) is 0.221. The van der Waals surface area contributed by atoms with Crippen LogP contribution in [0.4, 0.5) is 4.79 Å². The lowest BCUT2D eigenvalue weighted by molar-refractivity contribution is -0.168. The number of aliphatic carboxylic acids is 1. The van der Waals surface area contributed by atoms with E-state index in [1.54, 1.807) is 6.92 Å². The van der Waals surface area contributed by atoms with Crippen LogP contribution in [0.2, 0.25) is 0 Å². The zero-order valence-electron chi connectivity index (χ0n) is 25.5. The Balaban J connectivity index is 1.12. The van der Waals surface area contributed by atoms with Crippen LogP contribution >= 0.6 is 0 Å². The third-order valence-corrected chi connectivity index (χ3v) is 8.05. The fraction of sp³-hybridized carbons (Fsp3) is 0.324. The summed E-state index contributed by atoms with van der Waals surface area (Å²) in [7, 11) is 0. The summed E-state index contributed by atoms with van der Waals surface area (Å²) in [6.07, 6.45) is -2.08. The second kappa shape index (κ2) is 14.9. The number of benzene rings is 3. The van der Waals surface area contributed by atoms with E-state index in [-0.39, 0.29) is 57.9 Å². The minimum atomic E-state index is -1.39. The Morgan fingerprint density at radius 3 is 2.24 bits per heavy atom. The Hall–Kier alpha value is -4.91. The van der Waals surface area contributed by atoms with Gasteiger partial charge < -0.3 is 35.0 Å². The lowest BCUT2D eigenvalue weighted by Crippen LogP contribution is -2.56. The van der Waals surface area contributed by atoms with Gasteiger partial charge in [0.1, 0.15) is 19.9 Å². The van der Waals surface area contributed by atoms with E-state index in [0.717, 1.165) is 32.7 Å². The molecule has 0 radical (unpaired) electrons. The van der Waals surface area contributed by atoms with Gasteiger partial charge in [-0.1, -0.05) is 78.9 Å². The third kappa shape index (κ3) is 7.65. The van der Waals surface area contributed by atoms with Crippen molar-refractivity contribution >= 4 is 18.0 Å². The summed E-state index contributed by atoms with van der Waals surface area (Å²) < 4.78 is 11.2. The molecule has 1 heterocycles. The van der Waals surface area contributed by atoms with Crippen LogP contribution in [-0.4, -0.2) is 100 Å². The molecule has 0 aromatic heterocycles. The summed E-state index contributed by atoms with van der Waals surface area (Å²) in [5.74, 6) is -2.06. The molecule has 12 nitrogen and oxygen atoms in total. The first-order chi connectivity index (χ1) is 22.2. The van der Waals surface area contributed by atoms with Gasteiger partial charge in [0, 0.05) is 31.1 Å². The highest BCUT2D eigenvalue weighted by Crippen LogP contribution is 2.44. The van der Waals surface area contributed by atoms with Crippen LogP contribution in [0.25, 0.3) is 11.1 Å². The van der Waals surface area contributed by atoms with Crippen molar-refractivity contribution in [3.8, 4) is 11.1 Å². The Bertz CT molecular complexity index is 1530. The number of carboxylic acid groups (broad SMARTS) is 1. The molecule has 0 fully saturated rings. The third-order valence-electron chi connectivity index (χ3n) is 8.05. The lowest BCUT2D eigenvalue weighted by atomic mass is 9.98. The monoisotopic (exact) mass is 630 g/mol. The minimum Gasteiger partial charge on any atom is -0.495 e. The Kier molecular flexibility index (Phi) is 10.5. The summed E-state index contributed by atoms with van der Waals surface area (Å²) in [5, 5.41) is 33.6. The van der Waals surface area contributed by atoms with E-state index in [2.05, 4.69) is 5.32 Å². The first-order valence-corrected chi connectivity index (χ1v) is 15.0. The molecule has 1 unspecified atom stereocenters.